The quantitative estimate of drug-likeness (QED) is 0.824. The minimum absolute atomic E-state index is 0.363. The topological polar surface area (TPSA) is 21.3 Å². The minimum atomic E-state index is 0.363. The molecular weight excluding hydrogens is 246 g/mol. The Bertz CT molecular complexity index is 352. The maximum absolute atomic E-state index is 6.35. The summed E-state index contributed by atoms with van der Waals surface area (Å²) in [4.78, 5) is 0. The second-order valence-corrected chi connectivity index (χ2v) is 5.60. The molecule has 0 spiro atoms. The number of methoxy groups -OCH3 is 1. The fraction of sp³-hybridized carbons (Fsp3) is 0.600. The first-order valence-corrected chi connectivity index (χ1v) is 7.21. The summed E-state index contributed by atoms with van der Waals surface area (Å²) >= 11 is 6.35. The molecule has 18 heavy (non-hydrogen) atoms. The van der Waals surface area contributed by atoms with Crippen molar-refractivity contribution in [2.24, 2.45) is 5.92 Å². The van der Waals surface area contributed by atoms with Gasteiger partial charge in [0.05, 0.1) is 7.11 Å². The predicted molar refractivity (Wildman–Crippen MR) is 76.3 cm³/mol. The molecular formula is C15H22ClNO. The molecule has 1 aliphatic carbocycles. The Labute approximate surface area is 115 Å². The zero-order valence-corrected chi connectivity index (χ0v) is 11.7. The second kappa shape index (κ2) is 7.01. The standard InChI is InChI=1S/C15H22ClNO/c1-18-14-8-6-12(7-9-14)10-17-11-13-4-2-3-5-15(13)16/h6-9,13,15,17H,2-5,10-11H2,1H3. The molecule has 0 aliphatic heterocycles. The Morgan fingerprint density at radius 1 is 1.22 bits per heavy atom. The van der Waals surface area contributed by atoms with E-state index in [9.17, 15) is 0 Å². The number of rotatable bonds is 5. The Morgan fingerprint density at radius 3 is 2.61 bits per heavy atom. The number of halogens is 1. The fourth-order valence-corrected chi connectivity index (χ4v) is 2.91. The molecule has 0 heterocycles. The van der Waals surface area contributed by atoms with Crippen LogP contribution in [-0.4, -0.2) is 19.0 Å². The lowest BCUT2D eigenvalue weighted by Gasteiger charge is -2.27. The van der Waals surface area contributed by atoms with E-state index >= 15 is 0 Å². The van der Waals surface area contributed by atoms with Crippen LogP contribution in [-0.2, 0) is 6.54 Å². The van der Waals surface area contributed by atoms with Gasteiger partial charge in [-0.25, -0.2) is 0 Å². The van der Waals surface area contributed by atoms with Gasteiger partial charge in [-0.15, -0.1) is 11.6 Å². The van der Waals surface area contributed by atoms with Gasteiger partial charge in [0, 0.05) is 11.9 Å². The number of ether oxygens (including phenoxy) is 1. The van der Waals surface area contributed by atoms with Crippen LogP contribution in [0.1, 0.15) is 31.2 Å². The van der Waals surface area contributed by atoms with Gasteiger partial charge in [0.15, 0.2) is 0 Å². The first-order chi connectivity index (χ1) is 8.79. The smallest absolute Gasteiger partial charge is 0.118 e. The van der Waals surface area contributed by atoms with Crippen molar-refractivity contribution in [2.75, 3.05) is 13.7 Å². The zero-order chi connectivity index (χ0) is 12.8. The molecule has 2 rings (SSSR count). The SMILES string of the molecule is COc1ccc(CNCC2CCCCC2Cl)cc1. The van der Waals surface area contributed by atoms with Gasteiger partial charge in [0.25, 0.3) is 0 Å². The van der Waals surface area contributed by atoms with Gasteiger partial charge in [0.1, 0.15) is 5.75 Å². The third-order valence-electron chi connectivity index (χ3n) is 3.71. The van der Waals surface area contributed by atoms with Crippen molar-refractivity contribution in [3.05, 3.63) is 29.8 Å². The lowest BCUT2D eigenvalue weighted by molar-refractivity contribution is 0.348. The van der Waals surface area contributed by atoms with Gasteiger partial charge in [-0.3, -0.25) is 0 Å². The van der Waals surface area contributed by atoms with Crippen LogP contribution in [0.15, 0.2) is 24.3 Å². The number of alkyl halides is 1. The molecule has 1 N–H and O–H groups in total. The van der Waals surface area contributed by atoms with Crippen molar-refractivity contribution in [2.45, 2.75) is 37.6 Å². The molecule has 2 nitrogen and oxygen atoms in total. The van der Waals surface area contributed by atoms with Crippen molar-refractivity contribution in [1.82, 2.24) is 5.32 Å². The molecule has 0 amide bonds. The number of hydrogen-bond acceptors (Lipinski definition) is 2. The van der Waals surface area contributed by atoms with Crippen molar-refractivity contribution in [3.63, 3.8) is 0 Å². The van der Waals surface area contributed by atoms with Crippen LogP contribution < -0.4 is 10.1 Å². The Morgan fingerprint density at radius 2 is 1.94 bits per heavy atom. The molecule has 1 fully saturated rings. The van der Waals surface area contributed by atoms with E-state index in [0.717, 1.165) is 18.8 Å². The molecule has 1 aromatic rings. The third kappa shape index (κ3) is 3.89. The Hall–Kier alpha value is -0.730. The first kappa shape index (κ1) is 13.7. The van der Waals surface area contributed by atoms with Crippen LogP contribution in [0.3, 0.4) is 0 Å². The van der Waals surface area contributed by atoms with Crippen molar-refractivity contribution < 1.29 is 4.74 Å². The van der Waals surface area contributed by atoms with Gasteiger partial charge in [0.2, 0.25) is 0 Å². The highest BCUT2D eigenvalue weighted by molar-refractivity contribution is 6.20. The van der Waals surface area contributed by atoms with Crippen LogP contribution in [0.25, 0.3) is 0 Å². The second-order valence-electron chi connectivity index (χ2n) is 5.04. The molecule has 100 valence electrons. The molecule has 0 bridgehead atoms. The summed E-state index contributed by atoms with van der Waals surface area (Å²) in [6, 6.07) is 8.21. The highest BCUT2D eigenvalue weighted by atomic mass is 35.5. The maximum atomic E-state index is 6.35. The van der Waals surface area contributed by atoms with Gasteiger partial charge in [-0.1, -0.05) is 25.0 Å². The van der Waals surface area contributed by atoms with Gasteiger partial charge in [-0.2, -0.15) is 0 Å². The van der Waals surface area contributed by atoms with Crippen LogP contribution in [0.2, 0.25) is 0 Å². The fourth-order valence-electron chi connectivity index (χ4n) is 2.54. The lowest BCUT2D eigenvalue weighted by atomic mass is 9.89. The summed E-state index contributed by atoms with van der Waals surface area (Å²) < 4.78 is 5.15. The van der Waals surface area contributed by atoms with Crippen LogP contribution in [0.4, 0.5) is 0 Å². The molecule has 1 saturated carbocycles. The monoisotopic (exact) mass is 267 g/mol. The largest absolute Gasteiger partial charge is 0.497 e. The van der Waals surface area contributed by atoms with Crippen molar-refractivity contribution in [3.8, 4) is 5.75 Å². The van der Waals surface area contributed by atoms with E-state index in [-0.39, 0.29) is 0 Å². The summed E-state index contributed by atoms with van der Waals surface area (Å²) in [5.41, 5.74) is 1.29. The van der Waals surface area contributed by atoms with E-state index in [1.807, 2.05) is 12.1 Å². The maximum Gasteiger partial charge on any atom is 0.118 e. The van der Waals surface area contributed by atoms with E-state index in [0.29, 0.717) is 11.3 Å². The summed E-state index contributed by atoms with van der Waals surface area (Å²) in [7, 11) is 1.69. The van der Waals surface area contributed by atoms with Crippen LogP contribution in [0.5, 0.6) is 5.75 Å². The lowest BCUT2D eigenvalue weighted by Crippen LogP contribution is -2.30. The summed E-state index contributed by atoms with van der Waals surface area (Å²) in [6.07, 6.45) is 5.07. The van der Waals surface area contributed by atoms with E-state index in [1.165, 1.54) is 31.2 Å². The highest BCUT2D eigenvalue weighted by Gasteiger charge is 2.22. The molecule has 3 heteroatoms. The van der Waals surface area contributed by atoms with Gasteiger partial charge >= 0.3 is 0 Å². The normalized spacial score (nSPS) is 23.9. The van der Waals surface area contributed by atoms with E-state index < -0.39 is 0 Å². The molecule has 0 aromatic heterocycles. The van der Waals surface area contributed by atoms with Gasteiger partial charge in [-0.05, 0) is 43.0 Å². The van der Waals surface area contributed by atoms with E-state index in [4.69, 9.17) is 16.3 Å². The van der Waals surface area contributed by atoms with Crippen molar-refractivity contribution >= 4 is 11.6 Å². The summed E-state index contributed by atoms with van der Waals surface area (Å²) in [5.74, 6) is 1.55. The van der Waals surface area contributed by atoms with Crippen molar-refractivity contribution in [1.29, 1.82) is 0 Å². The Balaban J connectivity index is 1.73. The number of nitrogens with one attached hydrogen (secondary N) is 1. The van der Waals surface area contributed by atoms with Crippen LogP contribution in [0, 0.1) is 5.92 Å². The molecule has 1 aromatic carbocycles. The summed E-state index contributed by atoms with van der Waals surface area (Å²) in [6.45, 7) is 1.93. The average Bonchev–Trinajstić information content (AvgIpc) is 2.42. The summed E-state index contributed by atoms with van der Waals surface area (Å²) in [5, 5.41) is 3.88. The molecule has 1 aliphatic rings. The molecule has 0 saturated heterocycles. The molecule has 2 atom stereocenters. The Kier molecular flexibility index (Phi) is 5.33. The number of hydrogen-bond donors (Lipinski definition) is 1. The molecule has 2 unspecified atom stereocenters. The van der Waals surface area contributed by atoms with E-state index in [2.05, 4.69) is 17.4 Å². The predicted octanol–water partition coefficient (Wildman–Crippen LogP) is 3.58. The van der Waals surface area contributed by atoms with E-state index in [1.54, 1.807) is 7.11 Å². The number of benzene rings is 1. The highest BCUT2D eigenvalue weighted by Crippen LogP contribution is 2.28. The third-order valence-corrected chi connectivity index (χ3v) is 4.29. The average molecular weight is 268 g/mol. The van der Waals surface area contributed by atoms with Crippen LogP contribution >= 0.6 is 11.6 Å². The first-order valence-electron chi connectivity index (χ1n) is 6.77. The zero-order valence-electron chi connectivity index (χ0n) is 11.0. The van der Waals surface area contributed by atoms with Gasteiger partial charge < -0.3 is 10.1 Å². The minimum Gasteiger partial charge on any atom is -0.497 e. The molecule has 0 radical (unpaired) electrons.